The molecule has 10 heteroatoms. The zero-order valence-electron chi connectivity index (χ0n) is 17.1. The van der Waals surface area contributed by atoms with E-state index in [9.17, 15) is 14.8 Å². The van der Waals surface area contributed by atoms with Crippen LogP contribution in [0.15, 0.2) is 6.07 Å². The Morgan fingerprint density at radius 1 is 1.38 bits per heavy atom. The van der Waals surface area contributed by atoms with Gasteiger partial charge in [0.15, 0.2) is 0 Å². The number of amides is 2. The van der Waals surface area contributed by atoms with Crippen molar-refractivity contribution >= 4 is 24.1 Å². The lowest BCUT2D eigenvalue weighted by Crippen LogP contribution is -2.51. The Hall–Kier alpha value is -2.46. The Morgan fingerprint density at radius 2 is 2.07 bits per heavy atom. The minimum absolute atomic E-state index is 0.0373. The first-order valence-corrected chi connectivity index (χ1v) is 10.1. The SMILES string of the molecule is Cc1cc(N2CCOCC2)nc(NNC(=O)C2(CN(O)C=O)CCC(C)CC2)n1. The van der Waals surface area contributed by atoms with Crippen molar-refractivity contribution in [3.63, 3.8) is 0 Å². The number of ether oxygens (including phenoxy) is 1. The summed E-state index contributed by atoms with van der Waals surface area (Å²) in [5.74, 6) is 1.32. The molecule has 1 aromatic rings. The van der Waals surface area contributed by atoms with E-state index >= 15 is 0 Å². The number of carbonyl (C=O) groups is 2. The topological polar surface area (TPSA) is 120 Å². The number of carbonyl (C=O) groups excluding carboxylic acids is 2. The predicted octanol–water partition coefficient (Wildman–Crippen LogP) is 1.11. The average molecular weight is 406 g/mol. The third-order valence-electron chi connectivity index (χ3n) is 5.76. The normalized spacial score (nSPS) is 24.7. The van der Waals surface area contributed by atoms with Gasteiger partial charge in [0.2, 0.25) is 18.3 Å². The van der Waals surface area contributed by atoms with Crippen LogP contribution in [-0.2, 0) is 14.3 Å². The Balaban J connectivity index is 1.69. The van der Waals surface area contributed by atoms with Crippen LogP contribution in [0.4, 0.5) is 11.8 Å². The number of anilines is 2. The van der Waals surface area contributed by atoms with Crippen molar-refractivity contribution in [2.24, 2.45) is 11.3 Å². The lowest BCUT2D eigenvalue weighted by Gasteiger charge is -2.38. The predicted molar refractivity (Wildman–Crippen MR) is 106 cm³/mol. The van der Waals surface area contributed by atoms with Crippen LogP contribution < -0.4 is 15.8 Å². The summed E-state index contributed by atoms with van der Waals surface area (Å²) < 4.78 is 5.38. The lowest BCUT2D eigenvalue weighted by atomic mass is 9.70. The Bertz CT molecular complexity index is 717. The highest BCUT2D eigenvalue weighted by atomic mass is 16.5. The van der Waals surface area contributed by atoms with E-state index in [-0.39, 0.29) is 12.5 Å². The maximum atomic E-state index is 13.0. The van der Waals surface area contributed by atoms with Crippen LogP contribution in [0.3, 0.4) is 0 Å². The summed E-state index contributed by atoms with van der Waals surface area (Å²) in [4.78, 5) is 34.9. The van der Waals surface area contributed by atoms with Gasteiger partial charge in [0.25, 0.3) is 0 Å². The summed E-state index contributed by atoms with van der Waals surface area (Å²) in [6.07, 6.45) is 3.25. The summed E-state index contributed by atoms with van der Waals surface area (Å²) in [6, 6.07) is 1.90. The van der Waals surface area contributed by atoms with E-state index in [1.807, 2.05) is 13.0 Å². The van der Waals surface area contributed by atoms with Crippen molar-refractivity contribution in [2.75, 3.05) is 43.2 Å². The highest BCUT2D eigenvalue weighted by Crippen LogP contribution is 2.39. The zero-order valence-corrected chi connectivity index (χ0v) is 17.1. The molecule has 2 heterocycles. The van der Waals surface area contributed by atoms with E-state index in [2.05, 4.69) is 32.6 Å². The number of rotatable bonds is 7. The molecule has 1 saturated heterocycles. The van der Waals surface area contributed by atoms with E-state index in [0.29, 0.717) is 49.4 Å². The molecule has 0 aromatic carbocycles. The van der Waals surface area contributed by atoms with E-state index in [1.54, 1.807) is 0 Å². The first-order valence-electron chi connectivity index (χ1n) is 10.1. The smallest absolute Gasteiger partial charge is 0.246 e. The number of nitrogens with zero attached hydrogens (tertiary/aromatic N) is 4. The molecule has 0 atom stereocenters. The molecular formula is C19H30N6O4. The Kier molecular flexibility index (Phi) is 6.86. The number of aryl methyl sites for hydroxylation is 1. The molecule has 2 aliphatic rings. The van der Waals surface area contributed by atoms with Crippen LogP contribution in [0.5, 0.6) is 0 Å². The molecule has 29 heavy (non-hydrogen) atoms. The van der Waals surface area contributed by atoms with Gasteiger partial charge in [-0.25, -0.2) is 10.0 Å². The second-order valence-electron chi connectivity index (χ2n) is 8.04. The summed E-state index contributed by atoms with van der Waals surface area (Å²) in [5, 5.41) is 10.3. The standard InChI is InChI=1S/C19H30N6O4/c1-14-3-5-19(6-4-14,12-25(28)13-26)17(27)22-23-18-20-15(2)11-16(21-18)24-7-9-29-10-8-24/h11,13-14,28H,3-10,12H2,1-2H3,(H,22,27)(H,20,21,23). The molecule has 2 fully saturated rings. The number of hydrogen-bond donors (Lipinski definition) is 3. The van der Waals surface area contributed by atoms with Gasteiger partial charge in [-0.1, -0.05) is 6.92 Å². The number of aromatic nitrogens is 2. The van der Waals surface area contributed by atoms with Gasteiger partial charge >= 0.3 is 0 Å². The second kappa shape index (κ2) is 9.36. The largest absolute Gasteiger partial charge is 0.378 e. The number of hydrogen-bond acceptors (Lipinski definition) is 8. The highest BCUT2D eigenvalue weighted by molar-refractivity contribution is 5.84. The molecule has 2 amide bonds. The van der Waals surface area contributed by atoms with Gasteiger partial charge in [-0.3, -0.25) is 25.6 Å². The third kappa shape index (κ3) is 5.33. The quantitative estimate of drug-likeness (QED) is 0.350. The molecule has 1 aliphatic carbocycles. The first-order chi connectivity index (χ1) is 13.9. The maximum Gasteiger partial charge on any atom is 0.246 e. The van der Waals surface area contributed by atoms with Gasteiger partial charge in [0.1, 0.15) is 5.82 Å². The van der Waals surface area contributed by atoms with Gasteiger partial charge < -0.3 is 9.64 Å². The molecule has 1 saturated carbocycles. The number of morpholine rings is 1. The van der Waals surface area contributed by atoms with Gasteiger partial charge in [-0.05, 0) is 38.5 Å². The van der Waals surface area contributed by atoms with Crippen molar-refractivity contribution in [2.45, 2.75) is 39.5 Å². The monoisotopic (exact) mass is 406 g/mol. The molecule has 3 rings (SSSR count). The molecule has 1 aliphatic heterocycles. The van der Waals surface area contributed by atoms with E-state index in [1.165, 1.54) is 0 Å². The van der Waals surface area contributed by atoms with E-state index in [0.717, 1.165) is 37.4 Å². The van der Waals surface area contributed by atoms with Crippen molar-refractivity contribution < 1.29 is 19.5 Å². The van der Waals surface area contributed by atoms with Crippen LogP contribution in [0.2, 0.25) is 0 Å². The molecule has 0 spiro atoms. The van der Waals surface area contributed by atoms with Crippen LogP contribution >= 0.6 is 0 Å². The molecule has 3 N–H and O–H groups in total. The van der Waals surface area contributed by atoms with E-state index < -0.39 is 5.41 Å². The van der Waals surface area contributed by atoms with Gasteiger partial charge in [0, 0.05) is 24.8 Å². The van der Waals surface area contributed by atoms with Gasteiger partial charge in [0.05, 0.1) is 25.2 Å². The van der Waals surface area contributed by atoms with Crippen LogP contribution in [0.25, 0.3) is 0 Å². The second-order valence-corrected chi connectivity index (χ2v) is 8.04. The fourth-order valence-electron chi connectivity index (χ4n) is 3.93. The minimum Gasteiger partial charge on any atom is -0.378 e. The highest BCUT2D eigenvalue weighted by Gasteiger charge is 2.42. The molecule has 0 radical (unpaired) electrons. The molecule has 160 valence electrons. The van der Waals surface area contributed by atoms with E-state index in [4.69, 9.17) is 4.74 Å². The van der Waals surface area contributed by atoms with Gasteiger partial charge in [-0.2, -0.15) is 4.98 Å². The first kappa shape index (κ1) is 21.3. The van der Waals surface area contributed by atoms with Crippen LogP contribution in [0.1, 0.15) is 38.3 Å². The minimum atomic E-state index is -0.841. The van der Waals surface area contributed by atoms with Crippen LogP contribution in [0, 0.1) is 18.3 Å². The molecule has 10 nitrogen and oxygen atoms in total. The molecule has 1 aromatic heterocycles. The summed E-state index contributed by atoms with van der Waals surface area (Å²) in [7, 11) is 0. The fourth-order valence-corrected chi connectivity index (χ4v) is 3.93. The number of hydroxylamine groups is 2. The zero-order chi connectivity index (χ0) is 20.9. The van der Waals surface area contributed by atoms with Crippen molar-refractivity contribution in [1.29, 1.82) is 0 Å². The summed E-state index contributed by atoms with van der Waals surface area (Å²) in [5.41, 5.74) is 5.46. The number of hydrazine groups is 1. The van der Waals surface area contributed by atoms with Crippen LogP contribution in [-0.4, -0.2) is 65.4 Å². The van der Waals surface area contributed by atoms with Crippen molar-refractivity contribution in [3.05, 3.63) is 11.8 Å². The molecule has 0 unspecified atom stereocenters. The maximum absolute atomic E-state index is 13.0. The summed E-state index contributed by atoms with van der Waals surface area (Å²) in [6.45, 7) is 6.78. The molecule has 0 bridgehead atoms. The van der Waals surface area contributed by atoms with Crippen molar-refractivity contribution in [3.8, 4) is 0 Å². The fraction of sp³-hybridized carbons (Fsp3) is 0.684. The Morgan fingerprint density at radius 3 is 2.72 bits per heavy atom. The van der Waals surface area contributed by atoms with Gasteiger partial charge in [-0.15, -0.1) is 0 Å². The molecular weight excluding hydrogens is 376 g/mol. The average Bonchev–Trinajstić information content (AvgIpc) is 2.74. The van der Waals surface area contributed by atoms with Crippen molar-refractivity contribution in [1.82, 2.24) is 20.5 Å². The summed E-state index contributed by atoms with van der Waals surface area (Å²) >= 11 is 0. The lowest BCUT2D eigenvalue weighted by molar-refractivity contribution is -0.163. The number of nitrogens with one attached hydrogen (secondary N) is 2. The Labute approximate surface area is 170 Å². The third-order valence-corrected chi connectivity index (χ3v) is 5.76.